The van der Waals surface area contributed by atoms with Crippen molar-refractivity contribution in [2.24, 2.45) is 0 Å². The lowest BCUT2D eigenvalue weighted by Crippen LogP contribution is -2.48. The Kier molecular flexibility index (Phi) is 8.20. The number of hydrogen-bond donors (Lipinski definition) is 1. The lowest BCUT2D eigenvalue weighted by atomic mass is 9.94. The number of nitrogens with zero attached hydrogens (tertiary/aromatic N) is 2. The molecule has 0 bridgehead atoms. The molecule has 0 spiro atoms. The Morgan fingerprint density at radius 2 is 1.90 bits per heavy atom. The Labute approximate surface area is 181 Å². The molecule has 2 amide bonds. The van der Waals surface area contributed by atoms with Crippen molar-refractivity contribution >= 4 is 23.4 Å². The van der Waals surface area contributed by atoms with Crippen LogP contribution in [0.5, 0.6) is 0 Å². The van der Waals surface area contributed by atoms with Gasteiger partial charge in [-0.2, -0.15) is 0 Å². The summed E-state index contributed by atoms with van der Waals surface area (Å²) in [5.41, 5.74) is 1.52. The third-order valence-corrected chi connectivity index (χ3v) is 5.73. The summed E-state index contributed by atoms with van der Waals surface area (Å²) in [4.78, 5) is 31.7. The van der Waals surface area contributed by atoms with Crippen LogP contribution in [0, 0.1) is 5.82 Å². The summed E-state index contributed by atoms with van der Waals surface area (Å²) in [6, 6.07) is 8.99. The molecular formula is C23H27ClFN3O2. The quantitative estimate of drug-likeness (QED) is 0.642. The Balaban J connectivity index is 1.83. The molecule has 1 aromatic heterocycles. The second-order valence-corrected chi connectivity index (χ2v) is 7.90. The molecule has 1 aromatic carbocycles. The molecule has 1 aliphatic rings. The van der Waals surface area contributed by atoms with Crippen molar-refractivity contribution in [2.75, 3.05) is 12.4 Å². The number of alkyl halides is 1. The van der Waals surface area contributed by atoms with E-state index in [0.29, 0.717) is 12.0 Å². The van der Waals surface area contributed by atoms with Gasteiger partial charge in [-0.25, -0.2) is 4.39 Å². The fourth-order valence-corrected chi connectivity index (χ4v) is 4.07. The largest absolute Gasteiger partial charge is 0.351 e. The summed E-state index contributed by atoms with van der Waals surface area (Å²) in [6.07, 6.45) is 9.00. The van der Waals surface area contributed by atoms with Crippen LogP contribution in [-0.2, 0) is 16.0 Å². The lowest BCUT2D eigenvalue weighted by Gasteiger charge is -2.33. The van der Waals surface area contributed by atoms with Crippen molar-refractivity contribution in [3.8, 4) is 0 Å². The summed E-state index contributed by atoms with van der Waals surface area (Å²) in [7, 11) is 0. The van der Waals surface area contributed by atoms with Gasteiger partial charge in [0, 0.05) is 30.5 Å². The summed E-state index contributed by atoms with van der Waals surface area (Å²) >= 11 is 5.89. The third kappa shape index (κ3) is 6.02. The van der Waals surface area contributed by atoms with E-state index in [1.54, 1.807) is 36.7 Å². The predicted molar refractivity (Wildman–Crippen MR) is 115 cm³/mol. The van der Waals surface area contributed by atoms with Crippen molar-refractivity contribution in [1.82, 2.24) is 15.2 Å². The first-order valence-electron chi connectivity index (χ1n) is 10.4. The predicted octanol–water partition coefficient (Wildman–Crippen LogP) is 4.02. The SMILES string of the molecule is O=C(NC1CCCCC1)C(c1cccnc1)N(CCc1ccc(F)cc1)C(=O)CCl. The maximum Gasteiger partial charge on any atom is 0.247 e. The maximum absolute atomic E-state index is 13.3. The van der Waals surface area contributed by atoms with E-state index in [4.69, 9.17) is 11.6 Å². The van der Waals surface area contributed by atoms with E-state index >= 15 is 0 Å². The molecule has 0 saturated heterocycles. The molecule has 160 valence electrons. The minimum Gasteiger partial charge on any atom is -0.351 e. The van der Waals surface area contributed by atoms with E-state index in [-0.39, 0.29) is 36.1 Å². The standard InChI is InChI=1S/C23H27ClFN3O2/c24-15-21(29)28(14-12-17-8-10-19(25)11-9-17)22(18-5-4-13-26-16-18)23(30)27-20-6-2-1-3-7-20/h4-5,8-11,13,16,20,22H,1-3,6-7,12,14-15H2,(H,27,30). The number of pyridine rings is 1. The molecule has 7 heteroatoms. The van der Waals surface area contributed by atoms with Gasteiger partial charge in [-0.05, 0) is 43.0 Å². The summed E-state index contributed by atoms with van der Waals surface area (Å²) in [6.45, 7) is 0.287. The molecule has 5 nitrogen and oxygen atoms in total. The molecule has 3 rings (SSSR count). The number of amides is 2. The molecule has 1 saturated carbocycles. The molecule has 1 atom stereocenters. The first kappa shape index (κ1) is 22.2. The molecule has 30 heavy (non-hydrogen) atoms. The number of rotatable bonds is 8. The average Bonchev–Trinajstić information content (AvgIpc) is 2.78. The van der Waals surface area contributed by atoms with E-state index in [9.17, 15) is 14.0 Å². The van der Waals surface area contributed by atoms with Crippen LogP contribution in [0.2, 0.25) is 0 Å². The average molecular weight is 432 g/mol. The zero-order valence-corrected chi connectivity index (χ0v) is 17.7. The summed E-state index contributed by atoms with van der Waals surface area (Å²) < 4.78 is 13.2. The number of hydrogen-bond acceptors (Lipinski definition) is 3. The molecule has 1 N–H and O–H groups in total. The van der Waals surface area contributed by atoms with Crippen molar-refractivity contribution in [1.29, 1.82) is 0 Å². The zero-order chi connectivity index (χ0) is 21.3. The van der Waals surface area contributed by atoms with Crippen molar-refractivity contribution in [3.05, 3.63) is 65.7 Å². The van der Waals surface area contributed by atoms with Crippen LogP contribution in [-0.4, -0.2) is 40.2 Å². The Hall–Kier alpha value is -2.47. The van der Waals surface area contributed by atoms with Gasteiger partial charge in [0.15, 0.2) is 0 Å². The second kappa shape index (κ2) is 11.1. The molecule has 1 fully saturated rings. The third-order valence-electron chi connectivity index (χ3n) is 5.50. The molecule has 1 aliphatic carbocycles. The number of carbonyl (C=O) groups is 2. The first-order valence-corrected chi connectivity index (χ1v) is 10.9. The maximum atomic E-state index is 13.3. The molecule has 1 unspecified atom stereocenters. The Morgan fingerprint density at radius 3 is 2.53 bits per heavy atom. The normalized spacial score (nSPS) is 15.4. The van der Waals surface area contributed by atoms with Crippen LogP contribution >= 0.6 is 11.6 Å². The number of carbonyl (C=O) groups excluding carboxylic acids is 2. The van der Waals surface area contributed by atoms with Crippen LogP contribution in [0.4, 0.5) is 4.39 Å². The number of nitrogens with one attached hydrogen (secondary N) is 1. The first-order chi connectivity index (χ1) is 14.6. The van der Waals surface area contributed by atoms with Crippen LogP contribution in [0.3, 0.4) is 0 Å². The van der Waals surface area contributed by atoms with Gasteiger partial charge in [0.05, 0.1) is 0 Å². The van der Waals surface area contributed by atoms with Crippen molar-refractivity contribution in [3.63, 3.8) is 0 Å². The zero-order valence-electron chi connectivity index (χ0n) is 16.9. The van der Waals surface area contributed by atoms with Gasteiger partial charge in [0.25, 0.3) is 0 Å². The van der Waals surface area contributed by atoms with Gasteiger partial charge in [0.1, 0.15) is 17.7 Å². The van der Waals surface area contributed by atoms with Crippen LogP contribution in [0.1, 0.15) is 49.3 Å². The topological polar surface area (TPSA) is 62.3 Å². The van der Waals surface area contributed by atoms with Gasteiger partial charge >= 0.3 is 0 Å². The molecular weight excluding hydrogens is 405 g/mol. The van der Waals surface area contributed by atoms with Gasteiger partial charge in [0.2, 0.25) is 11.8 Å². The van der Waals surface area contributed by atoms with Gasteiger partial charge in [-0.3, -0.25) is 14.6 Å². The van der Waals surface area contributed by atoms with Crippen LogP contribution < -0.4 is 5.32 Å². The van der Waals surface area contributed by atoms with Crippen LogP contribution in [0.25, 0.3) is 0 Å². The highest BCUT2D eigenvalue weighted by Crippen LogP contribution is 2.24. The van der Waals surface area contributed by atoms with Gasteiger partial charge in [-0.15, -0.1) is 11.6 Å². The smallest absolute Gasteiger partial charge is 0.247 e. The second-order valence-electron chi connectivity index (χ2n) is 7.63. The fourth-order valence-electron chi connectivity index (χ4n) is 3.91. The van der Waals surface area contributed by atoms with Gasteiger partial charge in [-0.1, -0.05) is 37.5 Å². The molecule has 1 heterocycles. The minimum atomic E-state index is -0.813. The highest BCUT2D eigenvalue weighted by molar-refractivity contribution is 6.27. The number of halogens is 2. The minimum absolute atomic E-state index is 0.121. The van der Waals surface area contributed by atoms with E-state index < -0.39 is 6.04 Å². The Morgan fingerprint density at radius 1 is 1.17 bits per heavy atom. The van der Waals surface area contributed by atoms with E-state index in [1.165, 1.54) is 23.5 Å². The Bertz CT molecular complexity index is 826. The number of benzene rings is 1. The van der Waals surface area contributed by atoms with Gasteiger partial charge < -0.3 is 10.2 Å². The van der Waals surface area contributed by atoms with Crippen molar-refractivity contribution in [2.45, 2.75) is 50.6 Å². The van der Waals surface area contributed by atoms with E-state index in [2.05, 4.69) is 10.3 Å². The van der Waals surface area contributed by atoms with Crippen molar-refractivity contribution < 1.29 is 14.0 Å². The molecule has 2 aromatic rings. The monoisotopic (exact) mass is 431 g/mol. The lowest BCUT2D eigenvalue weighted by molar-refractivity contribution is -0.139. The van der Waals surface area contributed by atoms with E-state index in [0.717, 1.165) is 31.2 Å². The summed E-state index contributed by atoms with van der Waals surface area (Å²) in [5, 5.41) is 3.13. The summed E-state index contributed by atoms with van der Waals surface area (Å²) in [5.74, 6) is -1.08. The highest BCUT2D eigenvalue weighted by atomic mass is 35.5. The van der Waals surface area contributed by atoms with Crippen LogP contribution in [0.15, 0.2) is 48.8 Å². The molecule has 0 aliphatic heterocycles. The van der Waals surface area contributed by atoms with E-state index in [1.807, 2.05) is 0 Å². The highest BCUT2D eigenvalue weighted by Gasteiger charge is 2.32. The number of aromatic nitrogens is 1. The molecule has 0 radical (unpaired) electrons. The fraction of sp³-hybridized carbons (Fsp3) is 0.435.